The van der Waals surface area contributed by atoms with Gasteiger partial charge in [-0.25, -0.2) is 5.43 Å². The summed E-state index contributed by atoms with van der Waals surface area (Å²) >= 11 is 5.87. The first-order valence-electron chi connectivity index (χ1n) is 8.08. The van der Waals surface area contributed by atoms with Crippen LogP contribution in [0.2, 0.25) is 5.02 Å². The topological polar surface area (TPSA) is 83.7 Å². The molecular weight excluding hydrogens is 366 g/mol. The zero-order valence-electron chi connectivity index (χ0n) is 14.4. The lowest BCUT2D eigenvalue weighted by atomic mass is 10.2. The van der Waals surface area contributed by atoms with Crippen LogP contribution in [0.1, 0.15) is 23.0 Å². The molecule has 3 rings (SSSR count). The summed E-state index contributed by atoms with van der Waals surface area (Å²) in [5.74, 6) is 0.553. The van der Waals surface area contributed by atoms with Gasteiger partial charge in [-0.3, -0.25) is 9.59 Å². The number of benzene rings is 2. The van der Waals surface area contributed by atoms with Crippen molar-refractivity contribution in [1.29, 1.82) is 0 Å². The highest BCUT2D eigenvalue weighted by molar-refractivity contribution is 6.30. The van der Waals surface area contributed by atoms with Crippen LogP contribution in [-0.2, 0) is 4.79 Å². The van der Waals surface area contributed by atoms with Gasteiger partial charge in [-0.15, -0.1) is 0 Å². The minimum absolute atomic E-state index is 0.208. The smallest absolute Gasteiger partial charge is 0.271 e. The molecule has 6 nitrogen and oxygen atoms in total. The molecule has 0 unspecified atom stereocenters. The number of hydrogen-bond donors (Lipinski definition) is 2. The second-order valence-corrected chi connectivity index (χ2v) is 6.11. The number of anilines is 1. The molecule has 2 N–H and O–H groups in total. The predicted octanol–water partition coefficient (Wildman–Crippen LogP) is 4.32. The fraction of sp³-hybridized carbons (Fsp3) is 0.0500. The van der Waals surface area contributed by atoms with Crippen molar-refractivity contribution in [3.8, 4) is 11.3 Å². The zero-order valence-corrected chi connectivity index (χ0v) is 15.2. The van der Waals surface area contributed by atoms with Crippen molar-refractivity contribution in [3.63, 3.8) is 0 Å². The summed E-state index contributed by atoms with van der Waals surface area (Å²) in [6.07, 6.45) is 1.41. The van der Waals surface area contributed by atoms with Gasteiger partial charge in [0.05, 0.1) is 6.21 Å². The summed E-state index contributed by atoms with van der Waals surface area (Å²) < 4.78 is 5.67. The fourth-order valence-electron chi connectivity index (χ4n) is 2.35. The molecule has 7 heteroatoms. The van der Waals surface area contributed by atoms with E-state index in [9.17, 15) is 9.59 Å². The molecule has 0 atom stereocenters. The third-order valence-electron chi connectivity index (χ3n) is 3.56. The van der Waals surface area contributed by atoms with Crippen LogP contribution < -0.4 is 10.7 Å². The lowest BCUT2D eigenvalue weighted by molar-refractivity contribution is -0.114. The minimum atomic E-state index is -0.400. The molecule has 0 aliphatic rings. The maximum Gasteiger partial charge on any atom is 0.271 e. The van der Waals surface area contributed by atoms with Crippen LogP contribution in [0.15, 0.2) is 70.2 Å². The quantitative estimate of drug-likeness (QED) is 0.510. The molecule has 0 aliphatic heterocycles. The summed E-state index contributed by atoms with van der Waals surface area (Å²) in [6.45, 7) is 1.40. The third-order valence-corrected chi connectivity index (χ3v) is 3.81. The van der Waals surface area contributed by atoms with Gasteiger partial charge in [0.25, 0.3) is 5.91 Å². The number of hydrogen-bond acceptors (Lipinski definition) is 4. The Hall–Kier alpha value is -3.38. The molecule has 1 heterocycles. The maximum absolute atomic E-state index is 12.2. The van der Waals surface area contributed by atoms with Gasteiger partial charge in [0.1, 0.15) is 11.5 Å². The molecule has 0 spiro atoms. The Morgan fingerprint density at radius 3 is 2.59 bits per heavy atom. The lowest BCUT2D eigenvalue weighted by Gasteiger charge is -2.04. The molecule has 0 fully saturated rings. The van der Waals surface area contributed by atoms with E-state index >= 15 is 0 Å². The monoisotopic (exact) mass is 381 g/mol. The summed E-state index contributed by atoms with van der Waals surface area (Å²) in [4.78, 5) is 23.2. The number of hydrazone groups is 1. The fourth-order valence-corrected chi connectivity index (χ4v) is 2.48. The maximum atomic E-state index is 12.2. The Morgan fingerprint density at radius 2 is 1.85 bits per heavy atom. The molecule has 0 saturated carbocycles. The van der Waals surface area contributed by atoms with Crippen molar-refractivity contribution in [1.82, 2.24) is 5.43 Å². The van der Waals surface area contributed by atoms with E-state index in [1.807, 2.05) is 18.2 Å². The summed E-state index contributed by atoms with van der Waals surface area (Å²) in [5.41, 5.74) is 4.23. The van der Waals surface area contributed by atoms with Gasteiger partial charge >= 0.3 is 0 Å². The predicted molar refractivity (Wildman–Crippen MR) is 105 cm³/mol. The molecule has 3 aromatic rings. The number of amides is 2. The van der Waals surface area contributed by atoms with Crippen molar-refractivity contribution < 1.29 is 14.0 Å². The number of rotatable bonds is 5. The average molecular weight is 382 g/mol. The SMILES string of the molecule is CC(=O)Nc1cccc(C(=O)NN=Cc2ccc(-c3ccc(Cl)cc3)o2)c1. The molecule has 0 aliphatic carbocycles. The second kappa shape index (κ2) is 8.33. The average Bonchev–Trinajstić information content (AvgIpc) is 3.11. The van der Waals surface area contributed by atoms with E-state index in [4.69, 9.17) is 16.0 Å². The van der Waals surface area contributed by atoms with Crippen molar-refractivity contribution in [2.75, 3.05) is 5.32 Å². The normalized spacial score (nSPS) is 10.7. The van der Waals surface area contributed by atoms with E-state index in [1.165, 1.54) is 13.1 Å². The largest absolute Gasteiger partial charge is 0.455 e. The lowest BCUT2D eigenvalue weighted by Crippen LogP contribution is -2.18. The van der Waals surface area contributed by atoms with E-state index in [1.54, 1.807) is 42.5 Å². The number of carbonyl (C=O) groups excluding carboxylic acids is 2. The number of halogens is 1. The van der Waals surface area contributed by atoms with Gasteiger partial charge in [0, 0.05) is 28.8 Å². The first-order valence-corrected chi connectivity index (χ1v) is 8.46. The van der Waals surface area contributed by atoms with Gasteiger partial charge in [0.2, 0.25) is 5.91 Å². The van der Waals surface area contributed by atoms with Crippen LogP contribution in [0.5, 0.6) is 0 Å². The molecule has 2 amide bonds. The van der Waals surface area contributed by atoms with Gasteiger partial charge < -0.3 is 9.73 Å². The van der Waals surface area contributed by atoms with Gasteiger partial charge in [-0.1, -0.05) is 17.7 Å². The molecule has 0 radical (unpaired) electrons. The van der Waals surface area contributed by atoms with Crippen LogP contribution in [0, 0.1) is 0 Å². The summed E-state index contributed by atoms with van der Waals surface area (Å²) in [5, 5.41) is 7.18. The van der Waals surface area contributed by atoms with E-state index < -0.39 is 5.91 Å². The van der Waals surface area contributed by atoms with Crippen molar-refractivity contribution in [3.05, 3.63) is 77.0 Å². The van der Waals surface area contributed by atoms with Crippen molar-refractivity contribution in [2.45, 2.75) is 6.92 Å². The van der Waals surface area contributed by atoms with Crippen LogP contribution >= 0.6 is 11.6 Å². The Labute approximate surface area is 160 Å². The van der Waals surface area contributed by atoms with Crippen LogP contribution in [0.4, 0.5) is 5.69 Å². The highest BCUT2D eigenvalue weighted by atomic mass is 35.5. The number of furan rings is 1. The zero-order chi connectivity index (χ0) is 19.2. The number of carbonyl (C=O) groups is 2. The van der Waals surface area contributed by atoms with E-state index in [0.29, 0.717) is 27.8 Å². The van der Waals surface area contributed by atoms with E-state index in [-0.39, 0.29) is 5.91 Å². The van der Waals surface area contributed by atoms with Crippen molar-refractivity contribution >= 4 is 35.3 Å². The van der Waals surface area contributed by atoms with Crippen molar-refractivity contribution in [2.24, 2.45) is 5.10 Å². The molecular formula is C20H16ClN3O3. The molecule has 0 bridgehead atoms. The Morgan fingerprint density at radius 1 is 1.07 bits per heavy atom. The van der Waals surface area contributed by atoms with Crippen LogP contribution in [0.25, 0.3) is 11.3 Å². The molecule has 2 aromatic carbocycles. The minimum Gasteiger partial charge on any atom is -0.455 e. The Balaban J connectivity index is 1.63. The molecule has 0 saturated heterocycles. The second-order valence-electron chi connectivity index (χ2n) is 5.67. The van der Waals surface area contributed by atoms with E-state index in [0.717, 1.165) is 5.56 Å². The summed E-state index contributed by atoms with van der Waals surface area (Å²) in [7, 11) is 0. The van der Waals surface area contributed by atoms with Gasteiger partial charge in [-0.2, -0.15) is 5.10 Å². The first-order chi connectivity index (χ1) is 13.0. The molecule has 136 valence electrons. The Kier molecular flexibility index (Phi) is 5.68. The first kappa shape index (κ1) is 18.4. The van der Waals surface area contributed by atoms with Gasteiger partial charge in [0.15, 0.2) is 0 Å². The Bertz CT molecular complexity index is 994. The third kappa shape index (κ3) is 5.05. The number of nitrogens with one attached hydrogen (secondary N) is 2. The molecule has 1 aromatic heterocycles. The summed E-state index contributed by atoms with van der Waals surface area (Å²) in [6, 6.07) is 17.4. The van der Waals surface area contributed by atoms with Crippen LogP contribution in [0.3, 0.4) is 0 Å². The standard InChI is InChI=1S/C20H16ClN3O3/c1-13(25)23-17-4-2-3-15(11-17)20(26)24-22-12-18-9-10-19(27-18)14-5-7-16(21)8-6-14/h2-12H,1H3,(H,23,25)(H,24,26). The van der Waals surface area contributed by atoms with E-state index in [2.05, 4.69) is 15.8 Å². The highest BCUT2D eigenvalue weighted by Crippen LogP contribution is 2.23. The number of nitrogens with zero attached hydrogens (tertiary/aromatic N) is 1. The van der Waals surface area contributed by atoms with Gasteiger partial charge in [-0.05, 0) is 54.6 Å². The molecule has 27 heavy (non-hydrogen) atoms. The van der Waals surface area contributed by atoms with Crippen LogP contribution in [-0.4, -0.2) is 18.0 Å². The highest BCUT2D eigenvalue weighted by Gasteiger charge is 2.06.